The van der Waals surface area contributed by atoms with E-state index >= 15 is 0 Å². The first-order valence-corrected chi connectivity index (χ1v) is 8.84. The Labute approximate surface area is 164 Å². The van der Waals surface area contributed by atoms with Crippen molar-refractivity contribution in [3.8, 4) is 0 Å². The van der Waals surface area contributed by atoms with Crippen LogP contribution >= 0.6 is 0 Å². The summed E-state index contributed by atoms with van der Waals surface area (Å²) in [6, 6.07) is 22.6. The summed E-state index contributed by atoms with van der Waals surface area (Å²) in [5, 5.41) is 0. The number of rotatable bonds is 6. The Morgan fingerprint density at radius 1 is 0.893 bits per heavy atom. The van der Waals surface area contributed by atoms with Crippen LogP contribution in [0.25, 0.3) is 0 Å². The van der Waals surface area contributed by atoms with Gasteiger partial charge in [-0.3, -0.25) is 19.4 Å². The van der Waals surface area contributed by atoms with Gasteiger partial charge in [-0.2, -0.15) is 0 Å². The fraction of sp³-hybridized carbons (Fsp3) is 0.182. The smallest absolute Gasteiger partial charge is 0.225 e. The molecule has 6 nitrogen and oxygen atoms in total. The van der Waals surface area contributed by atoms with Gasteiger partial charge in [0.1, 0.15) is 18.0 Å². The molecule has 3 rings (SSSR count). The summed E-state index contributed by atoms with van der Waals surface area (Å²) < 4.78 is 0. The zero-order valence-corrected chi connectivity index (χ0v) is 15.8. The van der Waals surface area contributed by atoms with Gasteiger partial charge in [0.15, 0.2) is 0 Å². The first-order chi connectivity index (χ1) is 13.5. The molecular weight excluding hydrogens is 352 g/mol. The van der Waals surface area contributed by atoms with Crippen molar-refractivity contribution in [3.63, 3.8) is 0 Å². The van der Waals surface area contributed by atoms with Crippen molar-refractivity contribution in [1.29, 1.82) is 0 Å². The summed E-state index contributed by atoms with van der Waals surface area (Å²) >= 11 is 0. The van der Waals surface area contributed by atoms with E-state index in [-0.39, 0.29) is 11.8 Å². The van der Waals surface area contributed by atoms with Crippen LogP contribution in [0.5, 0.6) is 0 Å². The standard InChI is InChI=1S/C22H20N4O2/c1-17(27)25(14-19-9-5-3-6-10-19)21-13-22(24-16-23-21)26(18(2)28)15-20-11-7-4-8-12-20/h3-7,9-11,13,16H,14-15H2,1-2H3. The number of anilines is 2. The van der Waals surface area contributed by atoms with Crippen LogP contribution < -0.4 is 9.80 Å². The number of amides is 2. The highest BCUT2D eigenvalue weighted by atomic mass is 16.2. The van der Waals surface area contributed by atoms with Gasteiger partial charge in [-0.15, -0.1) is 0 Å². The lowest BCUT2D eigenvalue weighted by Crippen LogP contribution is -2.31. The molecule has 1 aromatic heterocycles. The quantitative estimate of drug-likeness (QED) is 0.667. The van der Waals surface area contributed by atoms with Crippen LogP contribution in [0.4, 0.5) is 11.6 Å². The molecule has 0 saturated carbocycles. The highest BCUT2D eigenvalue weighted by molar-refractivity contribution is 5.93. The van der Waals surface area contributed by atoms with Gasteiger partial charge in [0.05, 0.1) is 13.1 Å². The number of nitrogens with zero attached hydrogens (tertiary/aromatic N) is 4. The molecule has 0 aliphatic rings. The SMILES string of the molecule is CC(=O)N(Cc1c#cccc1)c1cc(N(Cc2ccccc2)C(C)=O)ncn1. The minimum absolute atomic E-state index is 0.145. The van der Waals surface area contributed by atoms with Crippen molar-refractivity contribution < 1.29 is 9.59 Å². The van der Waals surface area contributed by atoms with Gasteiger partial charge in [-0.05, 0) is 17.7 Å². The Balaban J connectivity index is 1.89. The van der Waals surface area contributed by atoms with Crippen LogP contribution in [0, 0.1) is 12.1 Å². The lowest BCUT2D eigenvalue weighted by Gasteiger charge is -2.23. The average molecular weight is 372 g/mol. The monoisotopic (exact) mass is 372 g/mol. The van der Waals surface area contributed by atoms with E-state index in [1.165, 1.54) is 25.1 Å². The van der Waals surface area contributed by atoms with E-state index in [1.807, 2.05) is 42.5 Å². The Morgan fingerprint density at radius 3 is 2.11 bits per heavy atom. The molecule has 0 fully saturated rings. The number of aromatic nitrogens is 2. The number of benzene rings is 1. The number of hydrogen-bond donors (Lipinski definition) is 0. The van der Waals surface area contributed by atoms with Gasteiger partial charge in [-0.1, -0.05) is 48.5 Å². The van der Waals surface area contributed by atoms with Crippen molar-refractivity contribution in [2.24, 2.45) is 0 Å². The third-order valence-corrected chi connectivity index (χ3v) is 4.17. The fourth-order valence-electron chi connectivity index (χ4n) is 2.76. The van der Waals surface area contributed by atoms with Gasteiger partial charge >= 0.3 is 0 Å². The van der Waals surface area contributed by atoms with E-state index in [0.717, 1.165) is 11.1 Å². The zero-order valence-electron chi connectivity index (χ0n) is 15.8. The van der Waals surface area contributed by atoms with E-state index in [9.17, 15) is 9.59 Å². The summed E-state index contributed by atoms with van der Waals surface area (Å²) in [5.41, 5.74) is 1.79. The second kappa shape index (κ2) is 8.78. The van der Waals surface area contributed by atoms with Crippen LogP contribution in [0.1, 0.15) is 25.0 Å². The molecule has 28 heavy (non-hydrogen) atoms. The minimum Gasteiger partial charge on any atom is -0.292 e. The molecule has 3 aromatic rings. The van der Waals surface area contributed by atoms with Gasteiger partial charge in [0.2, 0.25) is 11.8 Å². The van der Waals surface area contributed by atoms with Crippen LogP contribution in [0.3, 0.4) is 0 Å². The Bertz CT molecular complexity index is 870. The van der Waals surface area contributed by atoms with Gasteiger partial charge < -0.3 is 0 Å². The highest BCUT2D eigenvalue weighted by Gasteiger charge is 2.19. The van der Waals surface area contributed by atoms with Crippen LogP contribution in [-0.2, 0) is 22.7 Å². The summed E-state index contributed by atoms with van der Waals surface area (Å²) in [7, 11) is 0. The fourth-order valence-corrected chi connectivity index (χ4v) is 2.76. The van der Waals surface area contributed by atoms with E-state index in [0.29, 0.717) is 24.7 Å². The first-order valence-electron chi connectivity index (χ1n) is 8.84. The number of carbonyl (C=O) groups excluding carboxylic acids is 2. The predicted octanol–water partition coefficient (Wildman–Crippen LogP) is 3.18. The molecule has 140 valence electrons. The number of carbonyl (C=O) groups is 2. The van der Waals surface area contributed by atoms with E-state index in [1.54, 1.807) is 17.0 Å². The van der Waals surface area contributed by atoms with Crippen LogP contribution in [0.2, 0.25) is 0 Å². The maximum Gasteiger partial charge on any atom is 0.225 e. The highest BCUT2D eigenvalue weighted by Crippen LogP contribution is 2.21. The molecule has 0 radical (unpaired) electrons. The summed E-state index contributed by atoms with van der Waals surface area (Å²) in [6.07, 6.45) is 1.36. The topological polar surface area (TPSA) is 66.4 Å². The average Bonchev–Trinajstić information content (AvgIpc) is 2.71. The second-order valence-corrected chi connectivity index (χ2v) is 6.25. The minimum atomic E-state index is -0.167. The molecule has 2 aromatic carbocycles. The Morgan fingerprint density at radius 2 is 1.54 bits per heavy atom. The largest absolute Gasteiger partial charge is 0.292 e. The molecular formula is C22H20N4O2. The van der Waals surface area contributed by atoms with Crippen molar-refractivity contribution in [2.75, 3.05) is 9.80 Å². The summed E-state index contributed by atoms with van der Waals surface area (Å²) in [5.74, 6) is 0.554. The van der Waals surface area contributed by atoms with Crippen LogP contribution in [-0.4, -0.2) is 21.8 Å². The molecule has 6 heteroatoms. The third kappa shape index (κ3) is 4.71. The van der Waals surface area contributed by atoms with E-state index in [2.05, 4.69) is 22.1 Å². The van der Waals surface area contributed by atoms with Crippen molar-refractivity contribution in [1.82, 2.24) is 9.97 Å². The molecule has 0 aliphatic heterocycles. The molecule has 0 unspecified atom stereocenters. The Kier molecular flexibility index (Phi) is 5.97. The molecule has 0 saturated heterocycles. The van der Waals surface area contributed by atoms with E-state index < -0.39 is 0 Å². The molecule has 0 spiro atoms. The first kappa shape index (κ1) is 19.1. The third-order valence-electron chi connectivity index (χ3n) is 4.17. The summed E-state index contributed by atoms with van der Waals surface area (Å²) in [4.78, 5) is 36.0. The zero-order chi connectivity index (χ0) is 19.9. The molecule has 2 amide bonds. The molecule has 0 aliphatic carbocycles. The normalized spacial score (nSPS) is 10.1. The lowest BCUT2D eigenvalue weighted by molar-refractivity contribution is -0.117. The molecule has 0 N–H and O–H groups in total. The summed E-state index contributed by atoms with van der Waals surface area (Å²) in [6.45, 7) is 3.65. The van der Waals surface area contributed by atoms with E-state index in [4.69, 9.17) is 0 Å². The van der Waals surface area contributed by atoms with Gasteiger partial charge in [0.25, 0.3) is 0 Å². The molecule has 1 heterocycles. The van der Waals surface area contributed by atoms with Gasteiger partial charge in [0, 0.05) is 25.5 Å². The van der Waals surface area contributed by atoms with Crippen LogP contribution in [0.15, 0.2) is 60.9 Å². The number of hydrogen-bond acceptors (Lipinski definition) is 4. The van der Waals surface area contributed by atoms with Crippen molar-refractivity contribution >= 4 is 23.5 Å². The molecule has 0 bridgehead atoms. The lowest BCUT2D eigenvalue weighted by atomic mass is 10.2. The maximum absolute atomic E-state index is 12.2. The maximum atomic E-state index is 12.2. The molecule has 0 atom stereocenters. The Hall–Kier alpha value is -3.72. The van der Waals surface area contributed by atoms with Crippen molar-refractivity contribution in [3.05, 3.63) is 84.2 Å². The van der Waals surface area contributed by atoms with Crippen molar-refractivity contribution in [2.45, 2.75) is 26.9 Å². The predicted molar refractivity (Wildman–Crippen MR) is 106 cm³/mol. The van der Waals surface area contributed by atoms with Gasteiger partial charge in [-0.25, -0.2) is 9.97 Å². The second-order valence-electron chi connectivity index (χ2n) is 6.25.